The van der Waals surface area contributed by atoms with Crippen LogP contribution in [0.1, 0.15) is 26.7 Å². The van der Waals surface area contributed by atoms with Crippen LogP contribution in [-0.4, -0.2) is 50.3 Å². The maximum absolute atomic E-state index is 5.79. The highest BCUT2D eigenvalue weighted by atomic mass is 16.5. The highest BCUT2D eigenvalue weighted by Crippen LogP contribution is 2.11. The Hall–Kier alpha value is -0.120. The molecule has 0 aromatic heterocycles. The van der Waals surface area contributed by atoms with Gasteiger partial charge < -0.3 is 15.0 Å². The molecule has 84 valence electrons. The second-order valence-corrected chi connectivity index (χ2v) is 4.48. The van der Waals surface area contributed by atoms with Gasteiger partial charge in [-0.15, -0.1) is 0 Å². The van der Waals surface area contributed by atoms with Crippen LogP contribution < -0.4 is 5.32 Å². The number of nitrogens with zero attached hydrogens (tertiary/aromatic N) is 1. The van der Waals surface area contributed by atoms with E-state index in [1.165, 1.54) is 25.9 Å². The van der Waals surface area contributed by atoms with E-state index in [-0.39, 0.29) is 0 Å². The molecule has 1 aliphatic heterocycles. The monoisotopic (exact) mass is 200 g/mol. The molecule has 1 heterocycles. The largest absolute Gasteiger partial charge is 0.377 e. The summed E-state index contributed by atoms with van der Waals surface area (Å²) in [5.74, 6) is 0. The molecule has 0 radical (unpaired) electrons. The van der Waals surface area contributed by atoms with Crippen molar-refractivity contribution in [3.63, 3.8) is 0 Å². The lowest BCUT2D eigenvalue weighted by Gasteiger charge is -2.29. The third-order valence-electron chi connectivity index (χ3n) is 2.67. The van der Waals surface area contributed by atoms with Crippen molar-refractivity contribution in [2.45, 2.75) is 38.8 Å². The first-order valence-electron chi connectivity index (χ1n) is 5.72. The maximum Gasteiger partial charge on any atom is 0.0600 e. The van der Waals surface area contributed by atoms with Crippen LogP contribution in [0.3, 0.4) is 0 Å². The smallest absolute Gasteiger partial charge is 0.0600 e. The number of nitrogens with one attached hydrogen (secondary N) is 1. The minimum Gasteiger partial charge on any atom is -0.377 e. The first kappa shape index (κ1) is 12.0. The fourth-order valence-corrected chi connectivity index (χ4v) is 1.72. The van der Waals surface area contributed by atoms with Gasteiger partial charge in [-0.05, 0) is 19.9 Å². The minimum atomic E-state index is 0.500. The third-order valence-corrected chi connectivity index (χ3v) is 2.67. The molecule has 1 saturated heterocycles. The predicted molar refractivity (Wildman–Crippen MR) is 59.6 cm³/mol. The Bertz CT molecular complexity index is 142. The Labute approximate surface area is 87.8 Å². The van der Waals surface area contributed by atoms with Crippen molar-refractivity contribution in [2.75, 3.05) is 33.3 Å². The molecule has 1 aliphatic rings. The summed E-state index contributed by atoms with van der Waals surface area (Å²) >= 11 is 0. The minimum absolute atomic E-state index is 0.500. The molecule has 0 saturated carbocycles. The Morgan fingerprint density at radius 2 is 2.00 bits per heavy atom. The van der Waals surface area contributed by atoms with Gasteiger partial charge in [0.1, 0.15) is 0 Å². The van der Waals surface area contributed by atoms with Gasteiger partial charge in [-0.2, -0.15) is 0 Å². The predicted octanol–water partition coefficient (Wildman–Crippen LogP) is 1.10. The zero-order chi connectivity index (χ0) is 10.4. The van der Waals surface area contributed by atoms with Gasteiger partial charge in [0.25, 0.3) is 0 Å². The van der Waals surface area contributed by atoms with E-state index in [2.05, 4.69) is 31.1 Å². The molecule has 3 heteroatoms. The van der Waals surface area contributed by atoms with Crippen molar-refractivity contribution in [2.24, 2.45) is 0 Å². The zero-order valence-electron chi connectivity index (χ0n) is 9.75. The van der Waals surface area contributed by atoms with Crippen LogP contribution in [0.5, 0.6) is 0 Å². The quantitative estimate of drug-likeness (QED) is 0.673. The summed E-state index contributed by atoms with van der Waals surface area (Å²) in [5.41, 5.74) is 0. The Morgan fingerprint density at radius 3 is 2.57 bits per heavy atom. The fraction of sp³-hybridized carbons (Fsp3) is 1.00. The second-order valence-electron chi connectivity index (χ2n) is 4.48. The lowest BCUT2D eigenvalue weighted by molar-refractivity contribution is 0.0137. The fourth-order valence-electron chi connectivity index (χ4n) is 1.72. The van der Waals surface area contributed by atoms with Gasteiger partial charge in [-0.3, -0.25) is 0 Å². The number of hydrogen-bond donors (Lipinski definition) is 1. The average Bonchev–Trinajstić information content (AvgIpc) is 2.15. The summed E-state index contributed by atoms with van der Waals surface area (Å²) in [7, 11) is 2.18. The second kappa shape index (κ2) is 6.38. The molecule has 0 aromatic rings. The van der Waals surface area contributed by atoms with Crippen LogP contribution in [0.4, 0.5) is 0 Å². The normalized spacial score (nSPS) is 20.6. The van der Waals surface area contributed by atoms with Crippen molar-refractivity contribution in [3.05, 3.63) is 0 Å². The number of rotatable bonds is 5. The van der Waals surface area contributed by atoms with Crippen LogP contribution >= 0.6 is 0 Å². The van der Waals surface area contributed by atoms with E-state index in [0.717, 1.165) is 13.2 Å². The molecule has 0 unspecified atom stereocenters. The van der Waals surface area contributed by atoms with E-state index < -0.39 is 0 Å². The Morgan fingerprint density at radius 1 is 1.36 bits per heavy atom. The summed E-state index contributed by atoms with van der Waals surface area (Å²) < 4.78 is 5.79. The number of piperidine rings is 1. The molecule has 0 aliphatic carbocycles. The van der Waals surface area contributed by atoms with E-state index in [1.54, 1.807) is 0 Å². The topological polar surface area (TPSA) is 24.5 Å². The van der Waals surface area contributed by atoms with Gasteiger partial charge in [-0.25, -0.2) is 0 Å². The highest BCUT2D eigenvalue weighted by molar-refractivity contribution is 4.69. The van der Waals surface area contributed by atoms with Gasteiger partial charge in [0.15, 0.2) is 0 Å². The third kappa shape index (κ3) is 4.94. The summed E-state index contributed by atoms with van der Waals surface area (Å²) in [5, 5.41) is 3.36. The summed E-state index contributed by atoms with van der Waals surface area (Å²) in [6.45, 7) is 8.52. The summed E-state index contributed by atoms with van der Waals surface area (Å²) in [4.78, 5) is 2.37. The molecule has 0 bridgehead atoms. The number of likely N-dealkylation sites (tertiary alicyclic amines) is 1. The Balaban J connectivity index is 1.96. The SMILES string of the molecule is CC(C)NCCOC1CCN(C)CC1. The molecule has 0 aromatic carbocycles. The van der Waals surface area contributed by atoms with Crippen LogP contribution in [0, 0.1) is 0 Å². The zero-order valence-corrected chi connectivity index (χ0v) is 9.75. The Kier molecular flexibility index (Phi) is 5.45. The van der Waals surface area contributed by atoms with Gasteiger partial charge >= 0.3 is 0 Å². The van der Waals surface area contributed by atoms with Gasteiger partial charge in [0.2, 0.25) is 0 Å². The van der Waals surface area contributed by atoms with Crippen molar-refractivity contribution >= 4 is 0 Å². The van der Waals surface area contributed by atoms with Crippen LogP contribution in [-0.2, 0) is 4.74 Å². The van der Waals surface area contributed by atoms with E-state index >= 15 is 0 Å². The van der Waals surface area contributed by atoms with Crippen LogP contribution in [0.25, 0.3) is 0 Å². The van der Waals surface area contributed by atoms with Gasteiger partial charge in [0, 0.05) is 25.7 Å². The van der Waals surface area contributed by atoms with Crippen molar-refractivity contribution < 1.29 is 4.74 Å². The number of hydrogen-bond acceptors (Lipinski definition) is 3. The van der Waals surface area contributed by atoms with Gasteiger partial charge in [-0.1, -0.05) is 13.8 Å². The molecule has 0 spiro atoms. The van der Waals surface area contributed by atoms with Crippen LogP contribution in [0.15, 0.2) is 0 Å². The molecule has 1 fully saturated rings. The van der Waals surface area contributed by atoms with Crippen molar-refractivity contribution in [1.29, 1.82) is 0 Å². The summed E-state index contributed by atoms with van der Waals surface area (Å²) in [6.07, 6.45) is 2.89. The standard InChI is InChI=1S/C11H24N2O/c1-10(2)12-6-9-14-11-4-7-13(3)8-5-11/h10-12H,4-9H2,1-3H3. The molecular formula is C11H24N2O. The molecule has 1 rings (SSSR count). The molecule has 0 atom stereocenters. The lowest BCUT2D eigenvalue weighted by atomic mass is 10.1. The highest BCUT2D eigenvalue weighted by Gasteiger charge is 2.16. The first-order valence-corrected chi connectivity index (χ1v) is 5.72. The molecule has 14 heavy (non-hydrogen) atoms. The maximum atomic E-state index is 5.79. The molecular weight excluding hydrogens is 176 g/mol. The van der Waals surface area contributed by atoms with Crippen LogP contribution in [0.2, 0.25) is 0 Å². The van der Waals surface area contributed by atoms with E-state index in [4.69, 9.17) is 4.74 Å². The van der Waals surface area contributed by atoms with E-state index in [9.17, 15) is 0 Å². The molecule has 0 amide bonds. The lowest BCUT2D eigenvalue weighted by Crippen LogP contribution is -2.36. The van der Waals surface area contributed by atoms with Crippen molar-refractivity contribution in [3.8, 4) is 0 Å². The van der Waals surface area contributed by atoms with Crippen molar-refractivity contribution in [1.82, 2.24) is 10.2 Å². The first-order chi connectivity index (χ1) is 6.68. The van der Waals surface area contributed by atoms with E-state index in [0.29, 0.717) is 12.1 Å². The summed E-state index contributed by atoms with van der Waals surface area (Å²) in [6, 6.07) is 0.566. The van der Waals surface area contributed by atoms with E-state index in [1.807, 2.05) is 0 Å². The average molecular weight is 200 g/mol. The molecule has 1 N–H and O–H groups in total. The van der Waals surface area contributed by atoms with Gasteiger partial charge in [0.05, 0.1) is 12.7 Å². The number of ether oxygens (including phenoxy) is 1. The molecule has 3 nitrogen and oxygen atoms in total.